The Hall–Kier alpha value is -1.09. The fourth-order valence-electron chi connectivity index (χ4n) is 2.86. The topological polar surface area (TPSA) is 34.2 Å². The summed E-state index contributed by atoms with van der Waals surface area (Å²) in [7, 11) is 0. The molecule has 1 aliphatic rings. The lowest BCUT2D eigenvalue weighted by atomic mass is 9.85. The average molecular weight is 262 g/mol. The minimum Gasteiger partial charge on any atom is -0.474 e. The van der Waals surface area contributed by atoms with Crippen LogP contribution in [-0.2, 0) is 6.54 Å². The molecule has 0 radical (unpaired) electrons. The summed E-state index contributed by atoms with van der Waals surface area (Å²) in [5.41, 5.74) is 1.17. The first-order valence-electron chi connectivity index (χ1n) is 7.66. The molecule has 0 spiro atoms. The lowest BCUT2D eigenvalue weighted by Gasteiger charge is -2.31. The largest absolute Gasteiger partial charge is 0.474 e. The van der Waals surface area contributed by atoms with E-state index in [0.717, 1.165) is 19.0 Å². The maximum absolute atomic E-state index is 6.24. The Labute approximate surface area is 116 Å². The molecule has 1 aromatic heterocycles. The molecule has 3 nitrogen and oxygen atoms in total. The van der Waals surface area contributed by atoms with Crippen LogP contribution in [0.15, 0.2) is 18.3 Å². The van der Waals surface area contributed by atoms with E-state index in [2.05, 4.69) is 30.2 Å². The van der Waals surface area contributed by atoms with Crippen molar-refractivity contribution in [2.24, 2.45) is 5.92 Å². The summed E-state index contributed by atoms with van der Waals surface area (Å²) in [4.78, 5) is 4.43. The molecule has 0 bridgehead atoms. The molecule has 2 unspecified atom stereocenters. The molecule has 1 aromatic rings. The Kier molecular flexibility index (Phi) is 5.64. The van der Waals surface area contributed by atoms with Crippen LogP contribution in [0.3, 0.4) is 0 Å². The first kappa shape index (κ1) is 14.3. The zero-order valence-corrected chi connectivity index (χ0v) is 12.2. The highest BCUT2D eigenvalue weighted by Gasteiger charge is 2.26. The standard InChI is InChI=1S/C16H26N2O/c1-3-13-8-5-6-10-15(13)19-16-14(12-17-4-2)9-7-11-18-16/h7,9,11,13,15,17H,3-6,8,10,12H2,1-2H3. The molecule has 0 saturated heterocycles. The fraction of sp³-hybridized carbons (Fsp3) is 0.688. The second-order valence-corrected chi connectivity index (χ2v) is 5.36. The number of hydrogen-bond donors (Lipinski definition) is 1. The number of nitrogens with zero attached hydrogens (tertiary/aromatic N) is 1. The molecule has 1 fully saturated rings. The molecule has 1 heterocycles. The van der Waals surface area contributed by atoms with Crippen molar-refractivity contribution in [1.29, 1.82) is 0 Å². The Bertz CT molecular complexity index is 381. The van der Waals surface area contributed by atoms with Gasteiger partial charge in [-0.15, -0.1) is 0 Å². The molecule has 19 heavy (non-hydrogen) atoms. The quantitative estimate of drug-likeness (QED) is 0.851. The van der Waals surface area contributed by atoms with Gasteiger partial charge in [-0.3, -0.25) is 0 Å². The Balaban J connectivity index is 2.04. The van der Waals surface area contributed by atoms with Gasteiger partial charge >= 0.3 is 0 Å². The third kappa shape index (κ3) is 3.93. The molecular formula is C16H26N2O. The van der Waals surface area contributed by atoms with E-state index in [1.165, 1.54) is 37.7 Å². The van der Waals surface area contributed by atoms with Crippen LogP contribution in [0, 0.1) is 5.92 Å². The van der Waals surface area contributed by atoms with Gasteiger partial charge in [-0.25, -0.2) is 4.98 Å². The number of rotatable bonds is 6. The van der Waals surface area contributed by atoms with E-state index < -0.39 is 0 Å². The van der Waals surface area contributed by atoms with E-state index in [1.807, 2.05) is 12.3 Å². The van der Waals surface area contributed by atoms with E-state index >= 15 is 0 Å². The highest BCUT2D eigenvalue weighted by molar-refractivity contribution is 5.25. The van der Waals surface area contributed by atoms with Crippen LogP contribution in [0.2, 0.25) is 0 Å². The van der Waals surface area contributed by atoms with Gasteiger partial charge in [-0.2, -0.15) is 0 Å². The SMILES string of the molecule is CCNCc1cccnc1OC1CCCCC1CC. The zero-order valence-electron chi connectivity index (χ0n) is 12.2. The molecule has 0 aliphatic heterocycles. The molecule has 1 saturated carbocycles. The summed E-state index contributed by atoms with van der Waals surface area (Å²) in [6.45, 7) is 6.19. The van der Waals surface area contributed by atoms with Gasteiger partial charge in [0.2, 0.25) is 5.88 Å². The minimum atomic E-state index is 0.356. The molecule has 3 heteroatoms. The maximum atomic E-state index is 6.24. The van der Waals surface area contributed by atoms with Gasteiger partial charge in [0.15, 0.2) is 0 Å². The van der Waals surface area contributed by atoms with Crippen molar-refractivity contribution >= 4 is 0 Å². The van der Waals surface area contributed by atoms with Crippen molar-refractivity contribution in [2.75, 3.05) is 6.54 Å². The van der Waals surface area contributed by atoms with Crippen molar-refractivity contribution in [3.63, 3.8) is 0 Å². The molecule has 106 valence electrons. The monoisotopic (exact) mass is 262 g/mol. The fourth-order valence-corrected chi connectivity index (χ4v) is 2.86. The number of nitrogens with one attached hydrogen (secondary N) is 1. The van der Waals surface area contributed by atoms with Gasteiger partial charge in [0.1, 0.15) is 6.10 Å². The minimum absolute atomic E-state index is 0.356. The summed E-state index contributed by atoms with van der Waals surface area (Å²) < 4.78 is 6.24. The molecule has 0 aromatic carbocycles. The van der Waals surface area contributed by atoms with E-state index in [-0.39, 0.29) is 0 Å². The zero-order chi connectivity index (χ0) is 13.5. The lowest BCUT2D eigenvalue weighted by Crippen LogP contribution is -2.30. The molecule has 1 aliphatic carbocycles. The summed E-state index contributed by atoms with van der Waals surface area (Å²) in [5, 5.41) is 3.35. The molecule has 2 atom stereocenters. The second kappa shape index (κ2) is 7.49. The van der Waals surface area contributed by atoms with Crippen LogP contribution in [0.25, 0.3) is 0 Å². The summed E-state index contributed by atoms with van der Waals surface area (Å²) in [6, 6.07) is 4.09. The maximum Gasteiger partial charge on any atom is 0.218 e. The number of hydrogen-bond acceptors (Lipinski definition) is 3. The summed E-state index contributed by atoms with van der Waals surface area (Å²) in [5.74, 6) is 1.52. The van der Waals surface area contributed by atoms with Crippen molar-refractivity contribution in [2.45, 2.75) is 58.6 Å². The second-order valence-electron chi connectivity index (χ2n) is 5.36. The molecule has 1 N–H and O–H groups in total. The summed E-state index contributed by atoms with van der Waals surface area (Å²) in [6.07, 6.45) is 8.51. The third-order valence-corrected chi connectivity index (χ3v) is 4.04. The normalized spacial score (nSPS) is 23.3. The van der Waals surface area contributed by atoms with Crippen LogP contribution >= 0.6 is 0 Å². The van der Waals surface area contributed by atoms with E-state index in [1.54, 1.807) is 0 Å². The molecule has 2 rings (SSSR count). The van der Waals surface area contributed by atoms with Crippen LogP contribution in [0.4, 0.5) is 0 Å². The number of aromatic nitrogens is 1. The Morgan fingerprint density at radius 3 is 2.95 bits per heavy atom. The Morgan fingerprint density at radius 1 is 1.32 bits per heavy atom. The van der Waals surface area contributed by atoms with Gasteiger partial charge in [0, 0.05) is 18.3 Å². The van der Waals surface area contributed by atoms with Crippen LogP contribution in [0.5, 0.6) is 5.88 Å². The van der Waals surface area contributed by atoms with Crippen molar-refractivity contribution in [3.05, 3.63) is 23.9 Å². The lowest BCUT2D eigenvalue weighted by molar-refractivity contribution is 0.0846. The molecular weight excluding hydrogens is 236 g/mol. The first-order chi connectivity index (χ1) is 9.35. The average Bonchev–Trinajstić information content (AvgIpc) is 2.47. The van der Waals surface area contributed by atoms with Crippen molar-refractivity contribution in [3.8, 4) is 5.88 Å². The predicted molar refractivity (Wildman–Crippen MR) is 78.3 cm³/mol. The van der Waals surface area contributed by atoms with Crippen LogP contribution in [0.1, 0.15) is 51.5 Å². The Morgan fingerprint density at radius 2 is 2.16 bits per heavy atom. The highest BCUT2D eigenvalue weighted by atomic mass is 16.5. The van der Waals surface area contributed by atoms with Gasteiger partial charge in [-0.1, -0.05) is 26.3 Å². The van der Waals surface area contributed by atoms with Crippen LogP contribution in [-0.4, -0.2) is 17.6 Å². The number of pyridine rings is 1. The van der Waals surface area contributed by atoms with Crippen molar-refractivity contribution < 1.29 is 4.74 Å². The first-order valence-corrected chi connectivity index (χ1v) is 7.66. The number of ether oxygens (including phenoxy) is 1. The van der Waals surface area contributed by atoms with Gasteiger partial charge in [-0.05, 0) is 44.2 Å². The smallest absolute Gasteiger partial charge is 0.218 e. The van der Waals surface area contributed by atoms with E-state index in [9.17, 15) is 0 Å². The van der Waals surface area contributed by atoms with Gasteiger partial charge < -0.3 is 10.1 Å². The predicted octanol–water partition coefficient (Wildman–Crippen LogP) is 3.54. The van der Waals surface area contributed by atoms with Crippen LogP contribution < -0.4 is 10.1 Å². The van der Waals surface area contributed by atoms with Gasteiger partial charge in [0.25, 0.3) is 0 Å². The molecule has 0 amide bonds. The van der Waals surface area contributed by atoms with Gasteiger partial charge in [0.05, 0.1) is 0 Å². The highest BCUT2D eigenvalue weighted by Crippen LogP contribution is 2.30. The van der Waals surface area contributed by atoms with Crippen molar-refractivity contribution in [1.82, 2.24) is 10.3 Å². The summed E-state index contributed by atoms with van der Waals surface area (Å²) >= 11 is 0. The van der Waals surface area contributed by atoms with E-state index in [4.69, 9.17) is 4.74 Å². The third-order valence-electron chi connectivity index (χ3n) is 4.04. The van der Waals surface area contributed by atoms with E-state index in [0.29, 0.717) is 12.0 Å².